The molecule has 0 saturated heterocycles. The van der Waals surface area contributed by atoms with E-state index in [0.29, 0.717) is 6.04 Å². The van der Waals surface area contributed by atoms with Gasteiger partial charge >= 0.3 is 0 Å². The Morgan fingerprint density at radius 3 is 2.96 bits per heavy atom. The molecule has 0 radical (unpaired) electrons. The normalized spacial score (nSPS) is 19.6. The molecule has 0 aromatic carbocycles. The van der Waals surface area contributed by atoms with Crippen molar-refractivity contribution < 1.29 is 0 Å². The van der Waals surface area contributed by atoms with Crippen molar-refractivity contribution in [3.63, 3.8) is 0 Å². The molecule has 1 fully saturated rings. The minimum Gasteiger partial charge on any atom is -0.390 e. The van der Waals surface area contributed by atoms with E-state index in [-0.39, 0.29) is 6.04 Å². The lowest BCUT2D eigenvalue weighted by Gasteiger charge is -2.25. The second kappa shape index (κ2) is 6.24. The van der Waals surface area contributed by atoms with Crippen LogP contribution in [0, 0.1) is 0 Å². The van der Waals surface area contributed by atoms with E-state index < -0.39 is 0 Å². The molecule has 1 saturated carbocycles. The maximum atomic E-state index is 4.93. The van der Waals surface area contributed by atoms with E-state index in [9.17, 15) is 0 Å². The highest BCUT2D eigenvalue weighted by Gasteiger charge is 2.23. The van der Waals surface area contributed by atoms with Crippen molar-refractivity contribution in [1.29, 1.82) is 0 Å². The van der Waals surface area contributed by atoms with Crippen LogP contribution in [0.5, 0.6) is 0 Å². The number of fused-ring (bicyclic) bond motifs is 1. The number of rotatable bonds is 5. The van der Waals surface area contributed by atoms with Crippen LogP contribution in [0.3, 0.4) is 0 Å². The van der Waals surface area contributed by atoms with Gasteiger partial charge in [0, 0.05) is 24.5 Å². The molecule has 1 unspecified atom stereocenters. The van der Waals surface area contributed by atoms with Gasteiger partial charge in [0.15, 0.2) is 0 Å². The number of nitrogens with zero attached hydrogens (tertiary/aromatic N) is 5. The highest BCUT2D eigenvalue weighted by molar-refractivity contribution is 5.78. The summed E-state index contributed by atoms with van der Waals surface area (Å²) in [6, 6.07) is 2.51. The van der Waals surface area contributed by atoms with Crippen LogP contribution in [0.25, 0.3) is 22.5 Å². The van der Waals surface area contributed by atoms with Crippen molar-refractivity contribution >= 4 is 11.2 Å². The van der Waals surface area contributed by atoms with Crippen LogP contribution < -0.4 is 16.2 Å². The molecule has 8 nitrogen and oxygen atoms in total. The summed E-state index contributed by atoms with van der Waals surface area (Å²) in [5.74, 6) is 0. The standard InChI is InChI=1S/C19H22N8/c1-12(20-2)15-8-16(25-24-15)17-11-27-18(6-7-21-27)19(23-17)13-9-22-26(10-13)14-4-3-5-14/h6-11,14-15,20,24-25H,1,3-5H2,2H3. The van der Waals surface area contributed by atoms with Crippen molar-refractivity contribution in [3.8, 4) is 11.3 Å². The first kappa shape index (κ1) is 16.1. The fourth-order valence-corrected chi connectivity index (χ4v) is 3.48. The van der Waals surface area contributed by atoms with Crippen LogP contribution in [0.2, 0.25) is 0 Å². The number of likely N-dealkylation sites (N-methyl/N-ethyl adjacent to an activating group) is 1. The first-order chi connectivity index (χ1) is 13.2. The monoisotopic (exact) mass is 362 g/mol. The lowest BCUT2D eigenvalue weighted by molar-refractivity contribution is 0.289. The van der Waals surface area contributed by atoms with Crippen LogP contribution in [0.15, 0.2) is 49.2 Å². The van der Waals surface area contributed by atoms with Crippen LogP contribution >= 0.6 is 0 Å². The van der Waals surface area contributed by atoms with Gasteiger partial charge < -0.3 is 10.7 Å². The molecule has 4 heterocycles. The van der Waals surface area contributed by atoms with E-state index in [1.807, 2.05) is 30.0 Å². The summed E-state index contributed by atoms with van der Waals surface area (Å²) in [7, 11) is 1.86. The summed E-state index contributed by atoms with van der Waals surface area (Å²) in [5, 5.41) is 12.1. The first-order valence-corrected chi connectivity index (χ1v) is 9.22. The van der Waals surface area contributed by atoms with E-state index in [0.717, 1.165) is 33.9 Å². The van der Waals surface area contributed by atoms with Crippen LogP contribution in [-0.2, 0) is 0 Å². The summed E-state index contributed by atoms with van der Waals surface area (Å²) >= 11 is 0. The zero-order valence-electron chi connectivity index (χ0n) is 15.2. The van der Waals surface area contributed by atoms with Crippen molar-refractivity contribution in [1.82, 2.24) is 40.5 Å². The molecule has 138 valence electrons. The number of hydrogen-bond acceptors (Lipinski definition) is 6. The molecule has 2 aliphatic rings. The maximum absolute atomic E-state index is 4.93. The predicted molar refractivity (Wildman–Crippen MR) is 103 cm³/mol. The van der Waals surface area contributed by atoms with Gasteiger partial charge in [0.25, 0.3) is 0 Å². The number of aromatic nitrogens is 5. The van der Waals surface area contributed by atoms with E-state index in [1.54, 1.807) is 6.20 Å². The van der Waals surface area contributed by atoms with Gasteiger partial charge in [-0.25, -0.2) is 14.9 Å². The Bertz CT molecular complexity index is 1040. The Hall–Kier alpha value is -3.13. The molecule has 8 heteroatoms. The molecule has 3 N–H and O–H groups in total. The zero-order valence-corrected chi connectivity index (χ0v) is 15.2. The van der Waals surface area contributed by atoms with Crippen LogP contribution in [-0.4, -0.2) is 37.5 Å². The van der Waals surface area contributed by atoms with Crippen LogP contribution in [0.4, 0.5) is 0 Å². The minimum atomic E-state index is 0.00457. The lowest BCUT2D eigenvalue weighted by atomic mass is 9.93. The van der Waals surface area contributed by atoms with Gasteiger partial charge in [-0.1, -0.05) is 6.58 Å². The Morgan fingerprint density at radius 2 is 2.19 bits per heavy atom. The van der Waals surface area contributed by atoms with Gasteiger partial charge in [0.1, 0.15) is 5.69 Å². The third-order valence-corrected chi connectivity index (χ3v) is 5.38. The summed E-state index contributed by atoms with van der Waals surface area (Å²) in [4.78, 5) is 4.93. The zero-order chi connectivity index (χ0) is 18.4. The van der Waals surface area contributed by atoms with E-state index >= 15 is 0 Å². The number of hydrazine groups is 1. The molecule has 0 spiro atoms. The van der Waals surface area contributed by atoms with Crippen molar-refractivity contribution in [3.05, 3.63) is 54.9 Å². The van der Waals surface area contributed by atoms with Crippen molar-refractivity contribution in [2.75, 3.05) is 7.05 Å². The summed E-state index contributed by atoms with van der Waals surface area (Å²) in [5.41, 5.74) is 11.9. The Balaban J connectivity index is 1.56. The third-order valence-electron chi connectivity index (χ3n) is 5.38. The molecule has 3 aromatic heterocycles. The smallest absolute Gasteiger partial charge is 0.106 e. The van der Waals surface area contributed by atoms with E-state index in [4.69, 9.17) is 4.98 Å². The average Bonchev–Trinajstić information content (AvgIpc) is 3.38. The molecular formula is C19H22N8. The largest absolute Gasteiger partial charge is 0.390 e. The predicted octanol–water partition coefficient (Wildman–Crippen LogP) is 1.87. The van der Waals surface area contributed by atoms with Gasteiger partial charge in [-0.2, -0.15) is 10.2 Å². The van der Waals surface area contributed by atoms with Crippen molar-refractivity contribution in [2.45, 2.75) is 31.3 Å². The molecule has 5 rings (SSSR count). The first-order valence-electron chi connectivity index (χ1n) is 9.22. The summed E-state index contributed by atoms with van der Waals surface area (Å²) < 4.78 is 3.93. The molecule has 0 bridgehead atoms. The third kappa shape index (κ3) is 2.69. The topological polar surface area (TPSA) is 84.1 Å². The SMILES string of the molecule is C=C(NC)C1C=C(c2cn3nccc3c(-c3cnn(C4CCC4)c3)n2)NN1. The van der Waals surface area contributed by atoms with Gasteiger partial charge in [0.2, 0.25) is 0 Å². The van der Waals surface area contributed by atoms with Gasteiger partial charge in [-0.05, 0) is 31.4 Å². The maximum Gasteiger partial charge on any atom is 0.106 e. The van der Waals surface area contributed by atoms with Crippen LogP contribution in [0.1, 0.15) is 31.0 Å². The average molecular weight is 362 g/mol. The highest BCUT2D eigenvalue weighted by Crippen LogP contribution is 2.33. The molecule has 1 aliphatic carbocycles. The summed E-state index contributed by atoms with van der Waals surface area (Å²) in [6.45, 7) is 4.02. The fourth-order valence-electron chi connectivity index (χ4n) is 3.48. The Kier molecular flexibility index (Phi) is 3.71. The Morgan fingerprint density at radius 1 is 1.30 bits per heavy atom. The lowest BCUT2D eigenvalue weighted by Crippen LogP contribution is -2.35. The van der Waals surface area contributed by atoms with E-state index in [2.05, 4.69) is 49.9 Å². The van der Waals surface area contributed by atoms with Gasteiger partial charge in [-0.15, -0.1) is 0 Å². The number of nitrogens with one attached hydrogen (secondary N) is 3. The van der Waals surface area contributed by atoms with Gasteiger partial charge in [0.05, 0.1) is 47.6 Å². The van der Waals surface area contributed by atoms with Gasteiger partial charge in [-0.3, -0.25) is 4.68 Å². The quantitative estimate of drug-likeness (QED) is 0.643. The minimum absolute atomic E-state index is 0.00457. The second-order valence-electron chi connectivity index (χ2n) is 7.03. The molecule has 0 amide bonds. The molecule has 1 aliphatic heterocycles. The van der Waals surface area contributed by atoms with E-state index in [1.165, 1.54) is 19.3 Å². The molecule has 27 heavy (non-hydrogen) atoms. The second-order valence-corrected chi connectivity index (χ2v) is 7.03. The summed E-state index contributed by atoms with van der Waals surface area (Å²) in [6.07, 6.45) is 13.5. The Labute approximate surface area is 156 Å². The number of hydrogen-bond donors (Lipinski definition) is 3. The highest BCUT2D eigenvalue weighted by atomic mass is 15.4. The molecule has 3 aromatic rings. The van der Waals surface area contributed by atoms with Crippen molar-refractivity contribution in [2.24, 2.45) is 0 Å². The molecular weight excluding hydrogens is 340 g/mol. The fraction of sp³-hybridized carbons (Fsp3) is 0.316. The molecule has 1 atom stereocenters.